The highest BCUT2D eigenvalue weighted by molar-refractivity contribution is 9.10. The van der Waals surface area contributed by atoms with Crippen LogP contribution in [0.25, 0.3) is 0 Å². The van der Waals surface area contributed by atoms with Crippen LogP contribution in [0.3, 0.4) is 0 Å². The first-order chi connectivity index (χ1) is 8.97. The number of hydrogen-bond acceptors (Lipinski definition) is 3. The molecule has 0 spiro atoms. The molecule has 0 aliphatic carbocycles. The molecule has 2 heterocycles. The number of alkyl halides is 3. The number of anilines is 1. The van der Waals surface area contributed by atoms with Crippen LogP contribution in [-0.4, -0.2) is 11.5 Å². The molecular formula is C12H10BrF3N2S. The number of thiophene rings is 1. The van der Waals surface area contributed by atoms with Gasteiger partial charge in [0, 0.05) is 22.1 Å². The van der Waals surface area contributed by atoms with E-state index in [2.05, 4.69) is 26.2 Å². The van der Waals surface area contributed by atoms with Crippen molar-refractivity contribution < 1.29 is 13.2 Å². The second kappa shape index (κ2) is 5.92. The quantitative estimate of drug-likeness (QED) is 0.872. The van der Waals surface area contributed by atoms with Crippen LogP contribution in [0, 0.1) is 0 Å². The largest absolute Gasteiger partial charge is 0.419 e. The summed E-state index contributed by atoms with van der Waals surface area (Å²) in [5.41, 5.74) is -0.756. The van der Waals surface area contributed by atoms with Gasteiger partial charge in [-0.1, -0.05) is 6.07 Å². The molecule has 0 atom stereocenters. The average molecular weight is 351 g/mol. The van der Waals surface area contributed by atoms with Crippen LogP contribution in [0.2, 0.25) is 0 Å². The Hall–Kier alpha value is -1.08. The predicted octanol–water partition coefficient (Wildman–Crippen LogP) is 4.58. The van der Waals surface area contributed by atoms with Crippen LogP contribution in [0.5, 0.6) is 0 Å². The van der Waals surface area contributed by atoms with Gasteiger partial charge in [-0.15, -0.1) is 11.3 Å². The first kappa shape index (κ1) is 14.3. The number of rotatable bonds is 4. The zero-order chi connectivity index (χ0) is 13.9. The minimum absolute atomic E-state index is 0.132. The summed E-state index contributed by atoms with van der Waals surface area (Å²) in [5, 5.41) is 4.68. The van der Waals surface area contributed by atoms with Crippen molar-refractivity contribution in [3.63, 3.8) is 0 Å². The topological polar surface area (TPSA) is 24.9 Å². The highest BCUT2D eigenvalue weighted by Crippen LogP contribution is 2.35. The van der Waals surface area contributed by atoms with Crippen molar-refractivity contribution in [2.45, 2.75) is 12.6 Å². The number of nitrogens with one attached hydrogen (secondary N) is 1. The normalized spacial score (nSPS) is 11.6. The maximum absolute atomic E-state index is 12.8. The van der Waals surface area contributed by atoms with Crippen LogP contribution in [-0.2, 0) is 12.6 Å². The van der Waals surface area contributed by atoms with Crippen LogP contribution in [0.15, 0.2) is 34.2 Å². The van der Waals surface area contributed by atoms with Crippen molar-refractivity contribution in [1.29, 1.82) is 0 Å². The van der Waals surface area contributed by atoms with Gasteiger partial charge in [-0.05, 0) is 39.9 Å². The molecule has 0 radical (unpaired) electrons. The highest BCUT2D eigenvalue weighted by Gasteiger charge is 2.34. The Bertz CT molecular complexity index is 540. The average Bonchev–Trinajstić information content (AvgIpc) is 2.83. The lowest BCUT2D eigenvalue weighted by atomic mass is 10.2. The second-order valence-electron chi connectivity index (χ2n) is 3.80. The number of halogens is 4. The maximum Gasteiger partial charge on any atom is 0.419 e. The van der Waals surface area contributed by atoms with E-state index in [9.17, 15) is 13.2 Å². The van der Waals surface area contributed by atoms with Gasteiger partial charge < -0.3 is 5.32 Å². The van der Waals surface area contributed by atoms with E-state index in [4.69, 9.17) is 0 Å². The molecule has 0 unspecified atom stereocenters. The van der Waals surface area contributed by atoms with Gasteiger partial charge in [0.1, 0.15) is 5.82 Å². The minimum Gasteiger partial charge on any atom is -0.369 e. The molecule has 0 bridgehead atoms. The van der Waals surface area contributed by atoms with Crippen molar-refractivity contribution in [3.8, 4) is 0 Å². The molecule has 1 N–H and O–H groups in total. The van der Waals surface area contributed by atoms with Crippen LogP contribution < -0.4 is 5.32 Å². The van der Waals surface area contributed by atoms with E-state index in [1.165, 1.54) is 6.20 Å². The number of nitrogens with zero attached hydrogens (tertiary/aromatic N) is 1. The Kier molecular flexibility index (Phi) is 4.46. The molecule has 102 valence electrons. The standard InChI is InChI=1S/C12H10BrF3N2S/c13-8-6-10(12(14,15)16)11(18-7-8)17-4-3-9-2-1-5-19-9/h1-2,5-7H,3-4H2,(H,17,18). The summed E-state index contributed by atoms with van der Waals surface area (Å²) < 4.78 is 38.8. The van der Waals surface area contributed by atoms with E-state index in [0.717, 1.165) is 10.9 Å². The zero-order valence-electron chi connectivity index (χ0n) is 9.67. The molecule has 2 rings (SSSR count). The molecule has 7 heteroatoms. The summed E-state index contributed by atoms with van der Waals surface area (Å²) in [6.45, 7) is 0.415. The number of pyridine rings is 1. The van der Waals surface area contributed by atoms with Crippen LogP contribution in [0.1, 0.15) is 10.4 Å². The van der Waals surface area contributed by atoms with Crippen molar-refractivity contribution >= 4 is 33.1 Å². The van der Waals surface area contributed by atoms with E-state index in [-0.39, 0.29) is 5.82 Å². The Morgan fingerprint density at radius 3 is 2.79 bits per heavy atom. The SMILES string of the molecule is FC(F)(F)c1cc(Br)cnc1NCCc1cccs1. The van der Waals surface area contributed by atoms with Gasteiger partial charge in [0.25, 0.3) is 0 Å². The summed E-state index contributed by atoms with van der Waals surface area (Å²) >= 11 is 4.58. The molecule has 0 aliphatic rings. The molecule has 0 saturated carbocycles. The molecule has 0 amide bonds. The van der Waals surface area contributed by atoms with Gasteiger partial charge in [0.15, 0.2) is 0 Å². The van der Waals surface area contributed by atoms with Gasteiger partial charge in [-0.3, -0.25) is 0 Å². The van der Waals surface area contributed by atoms with Gasteiger partial charge in [0.05, 0.1) is 5.56 Å². The lowest BCUT2D eigenvalue weighted by Gasteiger charge is -2.13. The monoisotopic (exact) mass is 350 g/mol. The highest BCUT2D eigenvalue weighted by atomic mass is 79.9. The second-order valence-corrected chi connectivity index (χ2v) is 5.75. The summed E-state index contributed by atoms with van der Waals surface area (Å²) in [7, 11) is 0. The number of hydrogen-bond donors (Lipinski definition) is 1. The van der Waals surface area contributed by atoms with Crippen molar-refractivity contribution in [2.24, 2.45) is 0 Å². The smallest absolute Gasteiger partial charge is 0.369 e. The fraction of sp³-hybridized carbons (Fsp3) is 0.250. The van der Waals surface area contributed by atoms with E-state index in [0.29, 0.717) is 17.4 Å². The molecular weight excluding hydrogens is 341 g/mol. The summed E-state index contributed by atoms with van der Waals surface area (Å²) in [4.78, 5) is 4.91. The molecule has 0 saturated heterocycles. The van der Waals surface area contributed by atoms with Crippen LogP contribution in [0.4, 0.5) is 19.0 Å². The predicted molar refractivity (Wildman–Crippen MR) is 73.5 cm³/mol. The Balaban J connectivity index is 2.07. The lowest BCUT2D eigenvalue weighted by Crippen LogP contribution is -2.14. The van der Waals surface area contributed by atoms with E-state index >= 15 is 0 Å². The van der Waals surface area contributed by atoms with Crippen molar-refractivity contribution in [1.82, 2.24) is 4.98 Å². The van der Waals surface area contributed by atoms with Gasteiger partial charge in [-0.2, -0.15) is 13.2 Å². The summed E-state index contributed by atoms with van der Waals surface area (Å²) in [6.07, 6.45) is -2.39. The molecule has 0 aromatic carbocycles. The van der Waals surface area contributed by atoms with Crippen LogP contribution >= 0.6 is 27.3 Å². The van der Waals surface area contributed by atoms with Crippen molar-refractivity contribution in [2.75, 3.05) is 11.9 Å². The van der Waals surface area contributed by atoms with E-state index in [1.54, 1.807) is 11.3 Å². The Morgan fingerprint density at radius 1 is 1.37 bits per heavy atom. The van der Waals surface area contributed by atoms with Gasteiger partial charge in [0.2, 0.25) is 0 Å². The molecule has 2 aromatic heterocycles. The molecule has 2 nitrogen and oxygen atoms in total. The molecule has 0 fully saturated rings. The summed E-state index contributed by atoms with van der Waals surface area (Å²) in [5.74, 6) is -0.132. The third-order valence-electron chi connectivity index (χ3n) is 2.40. The fourth-order valence-electron chi connectivity index (χ4n) is 1.56. The number of aromatic nitrogens is 1. The Labute approximate surface area is 120 Å². The third kappa shape index (κ3) is 3.94. The first-order valence-corrected chi connectivity index (χ1v) is 7.13. The third-order valence-corrected chi connectivity index (χ3v) is 3.77. The fourth-order valence-corrected chi connectivity index (χ4v) is 2.60. The molecule has 19 heavy (non-hydrogen) atoms. The van der Waals surface area contributed by atoms with E-state index < -0.39 is 11.7 Å². The zero-order valence-corrected chi connectivity index (χ0v) is 12.1. The Morgan fingerprint density at radius 2 is 2.16 bits per heavy atom. The van der Waals surface area contributed by atoms with E-state index in [1.807, 2.05) is 17.5 Å². The first-order valence-electron chi connectivity index (χ1n) is 5.46. The van der Waals surface area contributed by atoms with Gasteiger partial charge >= 0.3 is 6.18 Å². The minimum atomic E-state index is -4.41. The summed E-state index contributed by atoms with van der Waals surface area (Å²) in [6, 6.07) is 4.89. The molecule has 2 aromatic rings. The van der Waals surface area contributed by atoms with Gasteiger partial charge in [-0.25, -0.2) is 4.98 Å². The maximum atomic E-state index is 12.8. The molecule has 0 aliphatic heterocycles. The van der Waals surface area contributed by atoms with Crippen molar-refractivity contribution in [3.05, 3.63) is 44.7 Å². The lowest BCUT2D eigenvalue weighted by molar-refractivity contribution is -0.137.